The van der Waals surface area contributed by atoms with Crippen LogP contribution in [0.15, 0.2) is 53.4 Å². The second kappa shape index (κ2) is 8.43. The summed E-state index contributed by atoms with van der Waals surface area (Å²) in [7, 11) is -3.63. The number of anilines is 2. The van der Waals surface area contributed by atoms with Gasteiger partial charge in [0.15, 0.2) is 0 Å². The highest BCUT2D eigenvalue weighted by atomic mass is 32.2. The molecule has 2 amide bonds. The van der Waals surface area contributed by atoms with Crippen molar-refractivity contribution in [3.05, 3.63) is 54.1 Å². The predicted octanol–water partition coefficient (Wildman–Crippen LogP) is 4.25. The predicted molar refractivity (Wildman–Crippen MR) is 107 cm³/mol. The standard InChI is InChI=1S/C20H25N3O3S/c1-15-7-13-19(14-8-15)27(25,26)23-18-11-9-17(10-12-18)22-20(24)21-16-5-3-2-4-6-16/h7-14,16,23H,2-6H2,1H3,(H2,21,22,24). The SMILES string of the molecule is Cc1ccc(S(=O)(=O)Nc2ccc(NC(=O)NC3CCCCC3)cc2)cc1. The fraction of sp³-hybridized carbons (Fsp3) is 0.350. The van der Waals surface area contributed by atoms with E-state index in [-0.39, 0.29) is 17.0 Å². The van der Waals surface area contributed by atoms with Crippen LogP contribution in [-0.4, -0.2) is 20.5 Å². The number of benzene rings is 2. The quantitative estimate of drug-likeness (QED) is 0.717. The van der Waals surface area contributed by atoms with Gasteiger partial charge >= 0.3 is 6.03 Å². The topological polar surface area (TPSA) is 87.3 Å². The molecule has 1 aliphatic rings. The molecule has 0 atom stereocenters. The van der Waals surface area contributed by atoms with Crippen molar-refractivity contribution in [1.29, 1.82) is 0 Å². The van der Waals surface area contributed by atoms with E-state index in [9.17, 15) is 13.2 Å². The van der Waals surface area contributed by atoms with E-state index in [0.29, 0.717) is 11.4 Å². The third-order valence-corrected chi connectivity index (χ3v) is 6.06. The third-order valence-electron chi connectivity index (χ3n) is 4.67. The van der Waals surface area contributed by atoms with Crippen LogP contribution in [0.2, 0.25) is 0 Å². The van der Waals surface area contributed by atoms with Crippen molar-refractivity contribution >= 4 is 27.4 Å². The summed E-state index contributed by atoms with van der Waals surface area (Å²) < 4.78 is 27.4. The van der Waals surface area contributed by atoms with Crippen LogP contribution in [0, 0.1) is 6.92 Å². The van der Waals surface area contributed by atoms with Gasteiger partial charge in [-0.2, -0.15) is 0 Å². The number of carbonyl (C=O) groups excluding carboxylic acids is 1. The van der Waals surface area contributed by atoms with E-state index >= 15 is 0 Å². The Kier molecular flexibility index (Phi) is 6.01. The number of urea groups is 1. The van der Waals surface area contributed by atoms with Gasteiger partial charge < -0.3 is 10.6 Å². The first-order valence-corrected chi connectivity index (χ1v) is 10.7. The van der Waals surface area contributed by atoms with Crippen LogP contribution in [-0.2, 0) is 10.0 Å². The van der Waals surface area contributed by atoms with Gasteiger partial charge in [-0.3, -0.25) is 4.72 Å². The van der Waals surface area contributed by atoms with Crippen LogP contribution >= 0.6 is 0 Å². The number of carbonyl (C=O) groups is 1. The van der Waals surface area contributed by atoms with E-state index in [4.69, 9.17) is 0 Å². The number of aryl methyl sites for hydroxylation is 1. The van der Waals surface area contributed by atoms with E-state index in [2.05, 4.69) is 15.4 Å². The Morgan fingerprint density at radius 3 is 2.11 bits per heavy atom. The van der Waals surface area contributed by atoms with Crippen LogP contribution in [0.1, 0.15) is 37.7 Å². The Labute approximate surface area is 160 Å². The lowest BCUT2D eigenvalue weighted by Gasteiger charge is -2.22. The smallest absolute Gasteiger partial charge is 0.319 e. The van der Waals surface area contributed by atoms with Gasteiger partial charge in [0.1, 0.15) is 0 Å². The molecule has 7 heteroatoms. The lowest BCUT2D eigenvalue weighted by atomic mass is 9.96. The van der Waals surface area contributed by atoms with Crippen LogP contribution in [0.5, 0.6) is 0 Å². The fourth-order valence-corrected chi connectivity index (χ4v) is 4.21. The minimum atomic E-state index is -3.63. The largest absolute Gasteiger partial charge is 0.335 e. The van der Waals surface area contributed by atoms with Gasteiger partial charge in [0.2, 0.25) is 0 Å². The molecule has 27 heavy (non-hydrogen) atoms. The van der Waals surface area contributed by atoms with Crippen LogP contribution in [0.4, 0.5) is 16.2 Å². The molecule has 1 saturated carbocycles. The second-order valence-electron chi connectivity index (χ2n) is 6.93. The molecule has 6 nitrogen and oxygen atoms in total. The van der Waals surface area contributed by atoms with Gasteiger partial charge in [-0.1, -0.05) is 37.0 Å². The maximum absolute atomic E-state index is 12.4. The van der Waals surface area contributed by atoms with Crippen molar-refractivity contribution in [2.24, 2.45) is 0 Å². The molecule has 0 aliphatic heterocycles. The van der Waals surface area contributed by atoms with E-state index < -0.39 is 10.0 Å². The molecule has 0 saturated heterocycles. The molecule has 2 aromatic rings. The van der Waals surface area contributed by atoms with E-state index in [1.54, 1.807) is 48.5 Å². The van der Waals surface area contributed by atoms with Crippen LogP contribution in [0.25, 0.3) is 0 Å². The Hall–Kier alpha value is -2.54. The molecule has 3 rings (SSSR count). The van der Waals surface area contributed by atoms with Crippen molar-refractivity contribution < 1.29 is 13.2 Å². The van der Waals surface area contributed by atoms with E-state index in [1.165, 1.54) is 6.42 Å². The van der Waals surface area contributed by atoms with E-state index in [1.807, 2.05) is 6.92 Å². The van der Waals surface area contributed by atoms with Gasteiger partial charge in [0.05, 0.1) is 4.90 Å². The van der Waals surface area contributed by atoms with Gasteiger partial charge in [0.25, 0.3) is 10.0 Å². The molecule has 1 fully saturated rings. The Balaban J connectivity index is 1.58. The van der Waals surface area contributed by atoms with Gasteiger partial charge in [-0.15, -0.1) is 0 Å². The maximum Gasteiger partial charge on any atom is 0.319 e. The van der Waals surface area contributed by atoms with Gasteiger partial charge in [0, 0.05) is 17.4 Å². The molecular formula is C20H25N3O3S. The normalized spacial score (nSPS) is 15.1. The average Bonchev–Trinajstić information content (AvgIpc) is 2.64. The number of rotatable bonds is 5. The highest BCUT2D eigenvalue weighted by Gasteiger charge is 2.16. The molecule has 0 bridgehead atoms. The molecule has 0 spiro atoms. The molecule has 0 radical (unpaired) electrons. The zero-order valence-electron chi connectivity index (χ0n) is 15.4. The summed E-state index contributed by atoms with van der Waals surface area (Å²) in [6.45, 7) is 1.90. The number of nitrogens with one attached hydrogen (secondary N) is 3. The summed E-state index contributed by atoms with van der Waals surface area (Å²) in [6, 6.07) is 13.3. The van der Waals surface area contributed by atoms with Crippen molar-refractivity contribution in [2.75, 3.05) is 10.0 Å². The summed E-state index contributed by atoms with van der Waals surface area (Å²) in [4.78, 5) is 12.3. The zero-order chi connectivity index (χ0) is 19.3. The molecule has 0 heterocycles. The summed E-state index contributed by atoms with van der Waals surface area (Å²) in [5.74, 6) is 0. The Morgan fingerprint density at radius 2 is 1.48 bits per heavy atom. The molecular weight excluding hydrogens is 362 g/mol. The van der Waals surface area contributed by atoms with Crippen molar-refractivity contribution in [3.63, 3.8) is 0 Å². The fourth-order valence-electron chi connectivity index (χ4n) is 3.15. The van der Waals surface area contributed by atoms with Crippen molar-refractivity contribution in [1.82, 2.24) is 5.32 Å². The first kappa shape index (κ1) is 19.2. The third kappa shape index (κ3) is 5.47. The molecule has 0 aromatic heterocycles. The molecule has 2 aromatic carbocycles. The minimum absolute atomic E-state index is 0.210. The lowest BCUT2D eigenvalue weighted by Crippen LogP contribution is -2.38. The second-order valence-corrected chi connectivity index (χ2v) is 8.61. The number of hydrogen-bond donors (Lipinski definition) is 3. The highest BCUT2D eigenvalue weighted by molar-refractivity contribution is 7.92. The monoisotopic (exact) mass is 387 g/mol. The van der Waals surface area contributed by atoms with Gasteiger partial charge in [-0.05, 0) is 56.2 Å². The summed E-state index contributed by atoms with van der Waals surface area (Å²) in [6.07, 6.45) is 5.58. The number of amides is 2. The van der Waals surface area contributed by atoms with Crippen molar-refractivity contribution in [2.45, 2.75) is 50.0 Å². The first-order valence-electron chi connectivity index (χ1n) is 9.19. The number of hydrogen-bond acceptors (Lipinski definition) is 3. The molecule has 0 unspecified atom stereocenters. The summed E-state index contributed by atoms with van der Waals surface area (Å²) in [5.41, 5.74) is 2.05. The van der Waals surface area contributed by atoms with Crippen LogP contribution in [0.3, 0.4) is 0 Å². The lowest BCUT2D eigenvalue weighted by molar-refractivity contribution is 0.244. The average molecular weight is 388 g/mol. The molecule has 3 N–H and O–H groups in total. The summed E-state index contributed by atoms with van der Waals surface area (Å²) >= 11 is 0. The Morgan fingerprint density at radius 1 is 0.889 bits per heavy atom. The Bertz CT molecular complexity index is 872. The maximum atomic E-state index is 12.4. The molecule has 144 valence electrons. The zero-order valence-corrected chi connectivity index (χ0v) is 16.2. The first-order chi connectivity index (χ1) is 12.9. The minimum Gasteiger partial charge on any atom is -0.335 e. The van der Waals surface area contributed by atoms with Crippen LogP contribution < -0.4 is 15.4 Å². The summed E-state index contributed by atoms with van der Waals surface area (Å²) in [5, 5.41) is 5.77. The highest BCUT2D eigenvalue weighted by Crippen LogP contribution is 2.20. The van der Waals surface area contributed by atoms with Gasteiger partial charge in [-0.25, -0.2) is 13.2 Å². The van der Waals surface area contributed by atoms with Crippen molar-refractivity contribution in [3.8, 4) is 0 Å². The number of sulfonamides is 1. The molecule has 1 aliphatic carbocycles. The van der Waals surface area contributed by atoms with E-state index in [0.717, 1.165) is 31.2 Å².